The van der Waals surface area contributed by atoms with Crippen molar-refractivity contribution < 1.29 is 17.9 Å². The van der Waals surface area contributed by atoms with E-state index < -0.39 is 18.2 Å². The quantitative estimate of drug-likeness (QED) is 0.799. The Labute approximate surface area is 128 Å². The first kappa shape index (κ1) is 15.1. The lowest BCUT2D eigenvalue weighted by atomic mass is 10.1. The normalized spacial score (nSPS) is 11.3. The minimum absolute atomic E-state index is 0.179. The number of ether oxygens (including phenoxy) is 1. The summed E-state index contributed by atoms with van der Waals surface area (Å²) >= 11 is 0. The number of anilines is 1. The molecule has 2 aromatic heterocycles. The van der Waals surface area contributed by atoms with E-state index in [-0.39, 0.29) is 12.4 Å². The van der Waals surface area contributed by atoms with E-state index in [1.165, 1.54) is 17.1 Å². The number of hydrogen-bond donors (Lipinski definition) is 1. The molecule has 3 rings (SSSR count). The van der Waals surface area contributed by atoms with Crippen LogP contribution in [0, 0.1) is 12.7 Å². The first-order valence-corrected chi connectivity index (χ1v) is 6.52. The maximum Gasteiger partial charge on any atom is 0.387 e. The van der Waals surface area contributed by atoms with Crippen molar-refractivity contribution in [2.24, 2.45) is 0 Å². The fraction of sp³-hybridized carbons (Fsp3) is 0.143. The van der Waals surface area contributed by atoms with Gasteiger partial charge in [0.2, 0.25) is 0 Å². The summed E-state index contributed by atoms with van der Waals surface area (Å²) in [6.07, 6.45) is 1.29. The Morgan fingerprint density at radius 1 is 1.30 bits per heavy atom. The van der Waals surface area contributed by atoms with Gasteiger partial charge in [-0.1, -0.05) is 0 Å². The smallest absolute Gasteiger partial charge is 0.387 e. The molecule has 6 nitrogen and oxygen atoms in total. The van der Waals surface area contributed by atoms with Crippen LogP contribution in [0.2, 0.25) is 0 Å². The molecule has 119 valence electrons. The molecule has 0 amide bonds. The monoisotopic (exact) mass is 322 g/mol. The van der Waals surface area contributed by atoms with Crippen LogP contribution >= 0.6 is 0 Å². The predicted molar refractivity (Wildman–Crippen MR) is 77.1 cm³/mol. The second-order valence-corrected chi connectivity index (χ2v) is 4.55. The highest BCUT2D eigenvalue weighted by molar-refractivity contribution is 5.98. The molecule has 9 heteroatoms. The molecule has 0 saturated heterocycles. The molecule has 1 aromatic carbocycles. The number of alkyl halides is 2. The standard InChI is InChI=1S/C14H11F3N5O/c1-2-22-13-10(12(18)19-6-20-13)11(21-22)7-3-4-9(8(15)5-7)23-14(16)17/h3-6,14H,1-2H2,(H2,18,19,20). The molecule has 0 bridgehead atoms. The Morgan fingerprint density at radius 3 is 2.74 bits per heavy atom. The molecule has 0 atom stereocenters. The van der Waals surface area contributed by atoms with Gasteiger partial charge in [0.25, 0.3) is 0 Å². The number of benzene rings is 1. The van der Waals surface area contributed by atoms with E-state index in [1.54, 1.807) is 0 Å². The van der Waals surface area contributed by atoms with Gasteiger partial charge in [-0.25, -0.2) is 19.0 Å². The topological polar surface area (TPSA) is 78.9 Å². The van der Waals surface area contributed by atoms with Crippen molar-refractivity contribution in [2.45, 2.75) is 13.2 Å². The summed E-state index contributed by atoms with van der Waals surface area (Å²) in [4.78, 5) is 7.99. The summed E-state index contributed by atoms with van der Waals surface area (Å²) in [6, 6.07) is 3.55. The summed E-state index contributed by atoms with van der Waals surface area (Å²) in [5, 5.41) is 4.73. The van der Waals surface area contributed by atoms with Gasteiger partial charge < -0.3 is 10.5 Å². The zero-order chi connectivity index (χ0) is 16.6. The fourth-order valence-electron chi connectivity index (χ4n) is 2.23. The molecule has 2 N–H and O–H groups in total. The second kappa shape index (κ2) is 5.75. The van der Waals surface area contributed by atoms with E-state index in [2.05, 4.69) is 26.7 Å². The van der Waals surface area contributed by atoms with Crippen LogP contribution in [0.3, 0.4) is 0 Å². The van der Waals surface area contributed by atoms with Gasteiger partial charge in [0.15, 0.2) is 17.2 Å². The van der Waals surface area contributed by atoms with Gasteiger partial charge in [0.1, 0.15) is 17.8 Å². The molecule has 0 unspecified atom stereocenters. The molecule has 1 radical (unpaired) electrons. The SMILES string of the molecule is [CH2]Cn1nc(-c2ccc(OC(F)F)c(F)c2)c2c(N)ncnc21. The van der Waals surface area contributed by atoms with Crippen LogP contribution in [0.4, 0.5) is 19.0 Å². The average Bonchev–Trinajstić information content (AvgIpc) is 2.89. The van der Waals surface area contributed by atoms with E-state index in [9.17, 15) is 13.2 Å². The molecule has 0 aliphatic rings. The van der Waals surface area contributed by atoms with Crippen molar-refractivity contribution in [1.29, 1.82) is 0 Å². The van der Waals surface area contributed by atoms with Crippen LogP contribution in [-0.2, 0) is 6.54 Å². The highest BCUT2D eigenvalue weighted by Gasteiger charge is 2.18. The number of fused-ring (bicyclic) bond motifs is 1. The van der Waals surface area contributed by atoms with Gasteiger partial charge >= 0.3 is 6.61 Å². The highest BCUT2D eigenvalue weighted by Crippen LogP contribution is 2.32. The maximum atomic E-state index is 13.9. The molecule has 23 heavy (non-hydrogen) atoms. The minimum atomic E-state index is -3.11. The number of rotatable bonds is 4. The van der Waals surface area contributed by atoms with Gasteiger partial charge in [0, 0.05) is 12.1 Å². The van der Waals surface area contributed by atoms with Crippen molar-refractivity contribution in [3.05, 3.63) is 37.3 Å². The fourth-order valence-corrected chi connectivity index (χ4v) is 2.23. The Morgan fingerprint density at radius 2 is 2.09 bits per heavy atom. The van der Waals surface area contributed by atoms with E-state index in [0.29, 0.717) is 22.3 Å². The van der Waals surface area contributed by atoms with Crippen molar-refractivity contribution in [3.63, 3.8) is 0 Å². The van der Waals surface area contributed by atoms with Crippen molar-refractivity contribution >= 4 is 16.9 Å². The Balaban J connectivity index is 2.15. The lowest BCUT2D eigenvalue weighted by molar-refractivity contribution is -0.0521. The van der Waals surface area contributed by atoms with Crippen LogP contribution in [0.1, 0.15) is 0 Å². The lowest BCUT2D eigenvalue weighted by Gasteiger charge is -2.06. The summed E-state index contributed by atoms with van der Waals surface area (Å²) in [5.74, 6) is -1.30. The molecule has 0 aliphatic heterocycles. The minimum Gasteiger partial charge on any atom is -0.432 e. The third-order valence-corrected chi connectivity index (χ3v) is 3.19. The Hall–Kier alpha value is -2.84. The van der Waals surface area contributed by atoms with Gasteiger partial charge in [-0.3, -0.25) is 0 Å². The zero-order valence-corrected chi connectivity index (χ0v) is 11.7. The summed E-state index contributed by atoms with van der Waals surface area (Å²) < 4.78 is 43.9. The molecule has 0 aliphatic carbocycles. The summed E-state index contributed by atoms with van der Waals surface area (Å²) in [5.41, 5.74) is 6.98. The molecule has 0 fully saturated rings. The van der Waals surface area contributed by atoms with E-state index >= 15 is 0 Å². The number of nitrogens with zero attached hydrogens (tertiary/aromatic N) is 4. The first-order valence-electron chi connectivity index (χ1n) is 6.52. The molecule has 2 heterocycles. The van der Waals surface area contributed by atoms with Gasteiger partial charge in [-0.15, -0.1) is 0 Å². The summed E-state index contributed by atoms with van der Waals surface area (Å²) in [7, 11) is 0. The Kier molecular flexibility index (Phi) is 3.77. The van der Waals surface area contributed by atoms with Gasteiger partial charge in [-0.05, 0) is 25.1 Å². The largest absolute Gasteiger partial charge is 0.432 e. The van der Waals surface area contributed by atoms with E-state index in [1.807, 2.05) is 0 Å². The second-order valence-electron chi connectivity index (χ2n) is 4.55. The number of halogens is 3. The molecule has 0 spiro atoms. The van der Waals surface area contributed by atoms with Crippen molar-refractivity contribution in [1.82, 2.24) is 19.7 Å². The predicted octanol–water partition coefficient (Wildman–Crippen LogP) is 2.65. The van der Waals surface area contributed by atoms with E-state index in [0.717, 1.165) is 12.1 Å². The molecule has 0 saturated carbocycles. The molecular formula is C14H11F3N5O. The van der Waals surface area contributed by atoms with Crippen LogP contribution in [0.15, 0.2) is 24.5 Å². The first-order chi connectivity index (χ1) is 11.0. The van der Waals surface area contributed by atoms with Crippen LogP contribution < -0.4 is 10.5 Å². The molecule has 3 aromatic rings. The number of hydrogen-bond acceptors (Lipinski definition) is 5. The zero-order valence-electron chi connectivity index (χ0n) is 11.7. The molecular weight excluding hydrogens is 311 g/mol. The lowest BCUT2D eigenvalue weighted by Crippen LogP contribution is -2.03. The maximum absolute atomic E-state index is 13.9. The number of nitrogen functional groups attached to an aromatic ring is 1. The third-order valence-electron chi connectivity index (χ3n) is 3.19. The average molecular weight is 322 g/mol. The Bertz CT molecular complexity index is 865. The van der Waals surface area contributed by atoms with Gasteiger partial charge in [-0.2, -0.15) is 13.9 Å². The third kappa shape index (κ3) is 2.65. The van der Waals surface area contributed by atoms with Crippen molar-refractivity contribution in [3.8, 4) is 17.0 Å². The van der Waals surface area contributed by atoms with Crippen LogP contribution in [0.5, 0.6) is 5.75 Å². The van der Waals surface area contributed by atoms with Crippen LogP contribution in [-0.4, -0.2) is 26.4 Å². The van der Waals surface area contributed by atoms with Crippen LogP contribution in [0.25, 0.3) is 22.3 Å². The van der Waals surface area contributed by atoms with E-state index in [4.69, 9.17) is 5.73 Å². The number of aromatic nitrogens is 4. The summed E-state index contributed by atoms with van der Waals surface area (Å²) in [6.45, 7) is 0.903. The van der Waals surface area contributed by atoms with Crippen molar-refractivity contribution in [2.75, 3.05) is 5.73 Å². The highest BCUT2D eigenvalue weighted by atomic mass is 19.3. The van der Waals surface area contributed by atoms with Gasteiger partial charge in [0.05, 0.1) is 5.39 Å². The number of nitrogens with two attached hydrogens (primary N) is 1.